The molecule has 0 unspecified atom stereocenters. The zero-order valence-electron chi connectivity index (χ0n) is 9.47. The highest BCUT2D eigenvalue weighted by Gasteiger charge is 2.08. The molecule has 0 aliphatic heterocycles. The Hall–Kier alpha value is -1.16. The van der Waals surface area contributed by atoms with Crippen LogP contribution in [0.5, 0.6) is 0 Å². The van der Waals surface area contributed by atoms with Gasteiger partial charge in [-0.15, -0.1) is 0 Å². The lowest BCUT2D eigenvalue weighted by molar-refractivity contribution is 1.28. The lowest BCUT2D eigenvalue weighted by atomic mass is 10.3. The molecule has 6 heteroatoms. The Kier molecular flexibility index (Phi) is 4.17. The fraction of sp³-hybridized carbons (Fsp3) is 0.0833. The molecule has 0 radical (unpaired) electrons. The van der Waals surface area contributed by atoms with Crippen molar-refractivity contribution >= 4 is 52.1 Å². The summed E-state index contributed by atoms with van der Waals surface area (Å²) in [6, 6.07) is 8.93. The number of aromatic nitrogens is 1. The second-order valence-electron chi connectivity index (χ2n) is 3.53. The van der Waals surface area contributed by atoms with Crippen molar-refractivity contribution in [1.82, 2.24) is 4.98 Å². The van der Waals surface area contributed by atoms with E-state index in [2.05, 4.69) is 15.6 Å². The summed E-state index contributed by atoms with van der Waals surface area (Å²) in [4.78, 5) is 4.29. The maximum Gasteiger partial charge on any atom is 0.151 e. The molecule has 1 heterocycles. The maximum atomic E-state index is 6.08. The van der Waals surface area contributed by atoms with E-state index in [-0.39, 0.29) is 0 Å². The second kappa shape index (κ2) is 5.65. The van der Waals surface area contributed by atoms with E-state index in [9.17, 15) is 0 Å². The van der Waals surface area contributed by atoms with Crippen LogP contribution < -0.4 is 10.6 Å². The normalized spacial score (nSPS) is 10.2. The third kappa shape index (κ3) is 2.99. The molecule has 2 aromatic rings. The van der Waals surface area contributed by atoms with Gasteiger partial charge in [-0.2, -0.15) is 0 Å². The molecule has 0 aliphatic carbocycles. The van der Waals surface area contributed by atoms with Crippen LogP contribution in [0.25, 0.3) is 0 Å². The summed E-state index contributed by atoms with van der Waals surface area (Å²) < 4.78 is 0. The van der Waals surface area contributed by atoms with Crippen LogP contribution in [-0.2, 0) is 0 Å². The predicted octanol–water partition coefficient (Wildman–Crippen LogP) is 4.83. The van der Waals surface area contributed by atoms with Gasteiger partial charge in [0.25, 0.3) is 0 Å². The summed E-state index contributed by atoms with van der Waals surface area (Å²) in [6.07, 6.45) is 0. The standard InChI is InChI=1S/C12H10Cl3N3/c1-16-11-9(14)6-10(15)12(18-11)17-8-4-2-3-7(13)5-8/h2-6H,1H3,(H2,16,17,18). The van der Waals surface area contributed by atoms with Gasteiger partial charge in [0.05, 0.1) is 10.0 Å². The van der Waals surface area contributed by atoms with Crippen LogP contribution in [-0.4, -0.2) is 12.0 Å². The van der Waals surface area contributed by atoms with E-state index in [1.165, 1.54) is 0 Å². The monoisotopic (exact) mass is 301 g/mol. The second-order valence-corrected chi connectivity index (χ2v) is 4.79. The molecule has 0 aliphatic rings. The highest BCUT2D eigenvalue weighted by molar-refractivity contribution is 6.37. The first-order valence-electron chi connectivity index (χ1n) is 5.16. The lowest BCUT2D eigenvalue weighted by Crippen LogP contribution is -1.99. The Balaban J connectivity index is 2.34. The highest BCUT2D eigenvalue weighted by Crippen LogP contribution is 2.31. The van der Waals surface area contributed by atoms with E-state index < -0.39 is 0 Å². The molecule has 1 aromatic heterocycles. The highest BCUT2D eigenvalue weighted by atomic mass is 35.5. The summed E-state index contributed by atoms with van der Waals surface area (Å²) >= 11 is 18.0. The van der Waals surface area contributed by atoms with Gasteiger partial charge in [0.15, 0.2) is 5.82 Å². The fourth-order valence-electron chi connectivity index (χ4n) is 1.43. The van der Waals surface area contributed by atoms with E-state index in [4.69, 9.17) is 34.8 Å². The minimum atomic E-state index is 0.443. The molecule has 0 amide bonds. The van der Waals surface area contributed by atoms with Gasteiger partial charge in [-0.3, -0.25) is 0 Å². The molecule has 18 heavy (non-hydrogen) atoms. The van der Waals surface area contributed by atoms with Crippen LogP contribution >= 0.6 is 34.8 Å². The summed E-state index contributed by atoms with van der Waals surface area (Å²) in [5, 5.41) is 7.53. The van der Waals surface area contributed by atoms with Crippen LogP contribution in [0, 0.1) is 0 Å². The van der Waals surface area contributed by atoms with E-state index in [1.807, 2.05) is 12.1 Å². The summed E-state index contributed by atoms with van der Waals surface area (Å²) in [5.41, 5.74) is 0.807. The summed E-state index contributed by atoms with van der Waals surface area (Å²) in [6.45, 7) is 0. The number of pyridine rings is 1. The third-order valence-corrected chi connectivity index (χ3v) is 3.06. The molecule has 3 nitrogen and oxygen atoms in total. The van der Waals surface area contributed by atoms with Gasteiger partial charge in [0.1, 0.15) is 5.82 Å². The molecule has 94 valence electrons. The molecular formula is C12H10Cl3N3. The zero-order valence-corrected chi connectivity index (χ0v) is 11.7. The van der Waals surface area contributed by atoms with Crippen molar-refractivity contribution in [2.45, 2.75) is 0 Å². The topological polar surface area (TPSA) is 37.0 Å². The van der Waals surface area contributed by atoms with Crippen molar-refractivity contribution in [3.05, 3.63) is 45.4 Å². The molecule has 0 saturated heterocycles. The van der Waals surface area contributed by atoms with Crippen molar-refractivity contribution in [2.24, 2.45) is 0 Å². The van der Waals surface area contributed by atoms with Crippen LogP contribution in [0.2, 0.25) is 15.1 Å². The molecule has 2 N–H and O–H groups in total. The molecule has 0 fully saturated rings. The Morgan fingerprint density at radius 1 is 1.00 bits per heavy atom. The number of hydrogen-bond donors (Lipinski definition) is 2. The average molecular weight is 303 g/mol. The number of rotatable bonds is 3. The minimum Gasteiger partial charge on any atom is -0.372 e. The van der Waals surface area contributed by atoms with Crippen LogP contribution in [0.3, 0.4) is 0 Å². The Morgan fingerprint density at radius 3 is 2.39 bits per heavy atom. The third-order valence-electron chi connectivity index (χ3n) is 2.25. The number of nitrogens with zero attached hydrogens (tertiary/aromatic N) is 1. The fourth-order valence-corrected chi connectivity index (χ4v) is 2.12. The number of nitrogens with one attached hydrogen (secondary N) is 2. The van der Waals surface area contributed by atoms with Crippen molar-refractivity contribution in [2.75, 3.05) is 17.7 Å². The SMILES string of the molecule is CNc1nc(Nc2cccc(Cl)c2)c(Cl)cc1Cl. The van der Waals surface area contributed by atoms with Gasteiger partial charge in [-0.25, -0.2) is 4.98 Å². The van der Waals surface area contributed by atoms with Gasteiger partial charge in [0.2, 0.25) is 0 Å². The largest absolute Gasteiger partial charge is 0.372 e. The lowest BCUT2D eigenvalue weighted by Gasteiger charge is -2.10. The average Bonchev–Trinajstić information content (AvgIpc) is 2.33. The molecule has 1 aromatic carbocycles. The quantitative estimate of drug-likeness (QED) is 0.853. The van der Waals surface area contributed by atoms with Crippen LogP contribution in [0.15, 0.2) is 30.3 Å². The number of benzene rings is 1. The Morgan fingerprint density at radius 2 is 1.72 bits per heavy atom. The van der Waals surface area contributed by atoms with Crippen LogP contribution in [0.1, 0.15) is 0 Å². The number of anilines is 3. The molecule has 0 bridgehead atoms. The Bertz CT molecular complexity index is 572. The number of hydrogen-bond acceptors (Lipinski definition) is 3. The molecular weight excluding hydrogens is 293 g/mol. The predicted molar refractivity (Wildman–Crippen MR) is 78.5 cm³/mol. The molecule has 0 atom stereocenters. The zero-order chi connectivity index (χ0) is 13.1. The van der Waals surface area contributed by atoms with Crippen molar-refractivity contribution in [1.29, 1.82) is 0 Å². The minimum absolute atomic E-state index is 0.443. The smallest absolute Gasteiger partial charge is 0.151 e. The van der Waals surface area contributed by atoms with E-state index in [1.54, 1.807) is 25.2 Å². The first-order valence-corrected chi connectivity index (χ1v) is 6.30. The van der Waals surface area contributed by atoms with Gasteiger partial charge >= 0.3 is 0 Å². The van der Waals surface area contributed by atoms with E-state index in [0.29, 0.717) is 26.7 Å². The molecule has 2 rings (SSSR count). The van der Waals surface area contributed by atoms with Gasteiger partial charge in [-0.05, 0) is 24.3 Å². The first kappa shape index (κ1) is 13.3. The molecule has 0 saturated carbocycles. The number of halogens is 3. The van der Waals surface area contributed by atoms with Gasteiger partial charge < -0.3 is 10.6 Å². The van der Waals surface area contributed by atoms with Crippen LogP contribution in [0.4, 0.5) is 17.3 Å². The van der Waals surface area contributed by atoms with Gasteiger partial charge in [-0.1, -0.05) is 40.9 Å². The Labute approximate surface area is 120 Å². The van der Waals surface area contributed by atoms with E-state index >= 15 is 0 Å². The summed E-state index contributed by atoms with van der Waals surface area (Å²) in [7, 11) is 1.74. The van der Waals surface area contributed by atoms with Crippen molar-refractivity contribution < 1.29 is 0 Å². The summed E-state index contributed by atoms with van der Waals surface area (Å²) in [5.74, 6) is 1.08. The van der Waals surface area contributed by atoms with Crippen molar-refractivity contribution in [3.8, 4) is 0 Å². The maximum absolute atomic E-state index is 6.08. The first-order chi connectivity index (χ1) is 8.60. The van der Waals surface area contributed by atoms with E-state index in [0.717, 1.165) is 5.69 Å². The van der Waals surface area contributed by atoms with Crippen molar-refractivity contribution in [3.63, 3.8) is 0 Å². The molecule has 0 spiro atoms. The van der Waals surface area contributed by atoms with Gasteiger partial charge in [0, 0.05) is 17.8 Å².